The van der Waals surface area contributed by atoms with Crippen molar-refractivity contribution in [2.75, 3.05) is 6.54 Å². The van der Waals surface area contributed by atoms with Gasteiger partial charge in [0.2, 0.25) is 0 Å². The van der Waals surface area contributed by atoms with Gasteiger partial charge in [0.25, 0.3) is 10.0 Å². The molecule has 0 saturated carbocycles. The van der Waals surface area contributed by atoms with Crippen LogP contribution in [0.5, 0.6) is 0 Å². The predicted molar refractivity (Wildman–Crippen MR) is 101 cm³/mol. The van der Waals surface area contributed by atoms with Crippen LogP contribution in [-0.4, -0.2) is 30.8 Å². The van der Waals surface area contributed by atoms with E-state index in [1.165, 1.54) is 19.1 Å². The average Bonchev–Trinajstić information content (AvgIpc) is 2.61. The van der Waals surface area contributed by atoms with Crippen LogP contribution in [0.4, 0.5) is 4.39 Å². The van der Waals surface area contributed by atoms with Crippen molar-refractivity contribution in [1.82, 2.24) is 4.41 Å². The summed E-state index contributed by atoms with van der Waals surface area (Å²) in [4.78, 5) is 0.122. The summed E-state index contributed by atoms with van der Waals surface area (Å²) >= 11 is 0. The Balaban J connectivity index is 1.99. The van der Waals surface area contributed by atoms with Crippen molar-refractivity contribution in [3.63, 3.8) is 0 Å². The summed E-state index contributed by atoms with van der Waals surface area (Å²) in [6, 6.07) is 16.1. The van der Waals surface area contributed by atoms with Gasteiger partial charge in [-0.25, -0.2) is 4.39 Å². The van der Waals surface area contributed by atoms with E-state index >= 15 is 0 Å². The lowest BCUT2D eigenvalue weighted by atomic mass is 9.88. The van der Waals surface area contributed by atoms with E-state index in [0.717, 1.165) is 15.5 Å². The molecule has 2 unspecified atom stereocenters. The van der Waals surface area contributed by atoms with Gasteiger partial charge in [0.05, 0.1) is 11.4 Å². The number of aryl methyl sites for hydroxylation is 1. The van der Waals surface area contributed by atoms with Gasteiger partial charge in [-0.2, -0.15) is 17.9 Å². The van der Waals surface area contributed by atoms with E-state index in [0.29, 0.717) is 5.71 Å². The molecule has 1 aliphatic rings. The molecule has 4 nitrogen and oxygen atoms in total. The van der Waals surface area contributed by atoms with Gasteiger partial charge in [0.1, 0.15) is 5.67 Å². The molecular weight excluding hydrogens is 351 g/mol. The number of nitrogens with zero attached hydrogens (tertiary/aromatic N) is 2. The highest BCUT2D eigenvalue weighted by atomic mass is 32.2. The second-order valence-electron chi connectivity index (χ2n) is 7.11. The third-order valence-electron chi connectivity index (χ3n) is 4.65. The summed E-state index contributed by atoms with van der Waals surface area (Å²) < 4.78 is 41.8. The number of hydrazone groups is 1. The fourth-order valence-corrected chi connectivity index (χ4v) is 4.45. The molecule has 1 aliphatic heterocycles. The molecule has 2 atom stereocenters. The molecule has 0 fully saturated rings. The molecule has 3 rings (SSSR count). The van der Waals surface area contributed by atoms with Crippen molar-refractivity contribution in [2.24, 2.45) is 5.10 Å². The quantitative estimate of drug-likeness (QED) is 0.802. The smallest absolute Gasteiger partial charge is 0.242 e. The summed E-state index contributed by atoms with van der Waals surface area (Å²) in [6.07, 6.45) is 0.114. The van der Waals surface area contributed by atoms with E-state index in [4.69, 9.17) is 0 Å². The maximum absolute atomic E-state index is 15.0. The SMILES string of the molecule is Cc1ccc(S(=O)(=O)N2CC(C)(F)CC(C(C)c3ccccc3)=N2)cc1. The first-order valence-corrected chi connectivity index (χ1v) is 10.0. The van der Waals surface area contributed by atoms with Crippen LogP contribution in [0.2, 0.25) is 0 Å². The summed E-state index contributed by atoms with van der Waals surface area (Å²) in [5, 5.41) is 4.35. The van der Waals surface area contributed by atoms with E-state index in [9.17, 15) is 12.8 Å². The van der Waals surface area contributed by atoms with Gasteiger partial charge in [0, 0.05) is 18.1 Å². The Morgan fingerprint density at radius 3 is 2.35 bits per heavy atom. The van der Waals surface area contributed by atoms with Crippen LogP contribution in [-0.2, 0) is 10.0 Å². The zero-order valence-electron chi connectivity index (χ0n) is 15.2. The predicted octanol–water partition coefficient (Wildman–Crippen LogP) is 4.28. The molecule has 0 N–H and O–H groups in total. The average molecular weight is 374 g/mol. The fourth-order valence-electron chi connectivity index (χ4n) is 3.07. The van der Waals surface area contributed by atoms with Crippen LogP contribution in [0.25, 0.3) is 0 Å². The summed E-state index contributed by atoms with van der Waals surface area (Å²) in [5.41, 5.74) is 0.803. The van der Waals surface area contributed by atoms with E-state index in [2.05, 4.69) is 5.10 Å². The minimum atomic E-state index is -3.89. The first kappa shape index (κ1) is 18.6. The van der Waals surface area contributed by atoms with Crippen LogP contribution < -0.4 is 0 Å². The lowest BCUT2D eigenvalue weighted by Crippen LogP contribution is -2.45. The number of hydrogen-bond donors (Lipinski definition) is 0. The second-order valence-corrected chi connectivity index (χ2v) is 8.96. The number of benzene rings is 2. The maximum atomic E-state index is 15.0. The molecule has 2 aromatic carbocycles. The third kappa shape index (κ3) is 3.80. The molecule has 1 heterocycles. The molecule has 26 heavy (non-hydrogen) atoms. The van der Waals surface area contributed by atoms with Gasteiger partial charge in [-0.15, -0.1) is 0 Å². The molecular formula is C20H23FN2O2S. The van der Waals surface area contributed by atoms with Crippen molar-refractivity contribution in [1.29, 1.82) is 0 Å². The van der Waals surface area contributed by atoms with Crippen molar-refractivity contribution >= 4 is 15.7 Å². The summed E-state index contributed by atoms with van der Waals surface area (Å²) in [6.45, 7) is 4.95. The second kappa shape index (κ2) is 6.83. The molecule has 0 aromatic heterocycles. The van der Waals surface area contributed by atoms with Crippen molar-refractivity contribution in [3.05, 3.63) is 65.7 Å². The van der Waals surface area contributed by atoms with Crippen molar-refractivity contribution < 1.29 is 12.8 Å². The van der Waals surface area contributed by atoms with Crippen LogP contribution in [0.15, 0.2) is 64.6 Å². The molecule has 0 saturated heterocycles. The highest BCUT2D eigenvalue weighted by Gasteiger charge is 2.39. The Morgan fingerprint density at radius 1 is 1.12 bits per heavy atom. The minimum absolute atomic E-state index is 0.114. The molecule has 0 radical (unpaired) electrons. The van der Waals surface area contributed by atoms with Gasteiger partial charge in [-0.05, 0) is 31.5 Å². The first-order chi connectivity index (χ1) is 12.2. The first-order valence-electron chi connectivity index (χ1n) is 8.60. The lowest BCUT2D eigenvalue weighted by Gasteiger charge is -2.34. The highest BCUT2D eigenvalue weighted by Crippen LogP contribution is 2.32. The Labute approximate surface area is 154 Å². The van der Waals surface area contributed by atoms with E-state index in [-0.39, 0.29) is 23.8 Å². The maximum Gasteiger partial charge on any atom is 0.279 e. The molecule has 0 bridgehead atoms. The van der Waals surface area contributed by atoms with Crippen molar-refractivity contribution in [2.45, 2.75) is 43.7 Å². The molecule has 2 aromatic rings. The van der Waals surface area contributed by atoms with Crippen LogP contribution in [0.1, 0.15) is 37.3 Å². The molecule has 0 amide bonds. The normalized spacial score (nSPS) is 22.0. The monoisotopic (exact) mass is 374 g/mol. The summed E-state index contributed by atoms with van der Waals surface area (Å²) in [7, 11) is -3.89. The van der Waals surface area contributed by atoms with Crippen LogP contribution in [0.3, 0.4) is 0 Å². The van der Waals surface area contributed by atoms with Gasteiger partial charge in [-0.3, -0.25) is 0 Å². The molecule has 0 aliphatic carbocycles. The fraction of sp³-hybridized carbons (Fsp3) is 0.350. The van der Waals surface area contributed by atoms with Crippen LogP contribution in [0, 0.1) is 6.92 Å². The van der Waals surface area contributed by atoms with E-state index in [1.807, 2.05) is 44.2 Å². The number of hydrogen-bond acceptors (Lipinski definition) is 3. The largest absolute Gasteiger partial charge is 0.279 e. The number of alkyl halides is 1. The number of rotatable bonds is 4. The molecule has 138 valence electrons. The Hall–Kier alpha value is -2.21. The lowest BCUT2D eigenvalue weighted by molar-refractivity contribution is 0.145. The zero-order chi connectivity index (χ0) is 18.9. The Kier molecular flexibility index (Phi) is 4.88. The molecule has 0 spiro atoms. The van der Waals surface area contributed by atoms with Gasteiger partial charge in [0.15, 0.2) is 0 Å². The van der Waals surface area contributed by atoms with Gasteiger partial charge >= 0.3 is 0 Å². The molecule has 6 heteroatoms. The summed E-state index contributed by atoms with van der Waals surface area (Å²) in [5.74, 6) is -0.165. The van der Waals surface area contributed by atoms with Crippen molar-refractivity contribution in [3.8, 4) is 0 Å². The number of halogens is 1. The Morgan fingerprint density at radius 2 is 1.73 bits per heavy atom. The minimum Gasteiger partial charge on any atom is -0.242 e. The highest BCUT2D eigenvalue weighted by molar-refractivity contribution is 7.89. The number of sulfonamides is 1. The van der Waals surface area contributed by atoms with E-state index in [1.54, 1.807) is 12.1 Å². The standard InChI is InChI=1S/C20H23FN2O2S/c1-15-9-11-18(12-10-15)26(24,25)23-14-20(3,21)13-19(22-23)16(2)17-7-5-4-6-8-17/h4-12,16H,13-14H2,1-3H3. The zero-order valence-corrected chi connectivity index (χ0v) is 16.0. The van der Waals surface area contributed by atoms with Gasteiger partial charge in [-0.1, -0.05) is 55.0 Å². The topological polar surface area (TPSA) is 49.7 Å². The Bertz CT molecular complexity index is 907. The van der Waals surface area contributed by atoms with Crippen LogP contribution >= 0.6 is 0 Å². The van der Waals surface area contributed by atoms with E-state index < -0.39 is 15.7 Å². The van der Waals surface area contributed by atoms with Gasteiger partial charge < -0.3 is 0 Å². The third-order valence-corrected chi connectivity index (χ3v) is 6.28.